The molecular formula is C13H8ClF2NO. The second kappa shape index (κ2) is 5.23. The second-order valence-electron chi connectivity index (χ2n) is 3.60. The molecule has 1 aromatic heterocycles. The standard InChI is InChI=1S/C13H8ClF2NO/c14-11-2-1-9(13(15)16)7-10(11)12(18)8-3-5-17-6-4-8/h1-7,13H. The normalized spacial score (nSPS) is 10.7. The fourth-order valence-corrected chi connectivity index (χ4v) is 1.71. The van der Waals surface area contributed by atoms with Gasteiger partial charge in [-0.15, -0.1) is 0 Å². The zero-order chi connectivity index (χ0) is 13.1. The maximum Gasteiger partial charge on any atom is 0.263 e. The number of aromatic nitrogens is 1. The van der Waals surface area contributed by atoms with Crippen LogP contribution in [-0.2, 0) is 0 Å². The van der Waals surface area contributed by atoms with E-state index in [-0.39, 0.29) is 16.1 Å². The maximum atomic E-state index is 12.6. The number of pyridine rings is 1. The summed E-state index contributed by atoms with van der Waals surface area (Å²) in [6, 6.07) is 6.64. The lowest BCUT2D eigenvalue weighted by molar-refractivity contribution is 0.103. The minimum Gasteiger partial charge on any atom is -0.289 e. The van der Waals surface area contributed by atoms with Crippen LogP contribution in [0.1, 0.15) is 27.9 Å². The Morgan fingerprint density at radius 3 is 2.44 bits per heavy atom. The van der Waals surface area contributed by atoms with Crippen LogP contribution in [0.2, 0.25) is 5.02 Å². The third kappa shape index (κ3) is 2.54. The van der Waals surface area contributed by atoms with E-state index in [2.05, 4.69) is 4.98 Å². The number of benzene rings is 1. The number of carbonyl (C=O) groups is 1. The van der Waals surface area contributed by atoms with Gasteiger partial charge in [-0.1, -0.05) is 17.7 Å². The van der Waals surface area contributed by atoms with E-state index in [1.54, 1.807) is 0 Å². The molecule has 2 nitrogen and oxygen atoms in total. The average molecular weight is 268 g/mol. The molecule has 2 rings (SSSR count). The van der Waals surface area contributed by atoms with E-state index >= 15 is 0 Å². The lowest BCUT2D eigenvalue weighted by atomic mass is 10.0. The minimum atomic E-state index is -2.63. The van der Waals surface area contributed by atoms with Crippen molar-refractivity contribution in [3.8, 4) is 0 Å². The van der Waals surface area contributed by atoms with Gasteiger partial charge in [0.15, 0.2) is 5.78 Å². The van der Waals surface area contributed by atoms with Crippen LogP contribution >= 0.6 is 11.6 Å². The summed E-state index contributed by atoms with van der Waals surface area (Å²) in [4.78, 5) is 15.9. The van der Waals surface area contributed by atoms with Crippen LogP contribution in [0.5, 0.6) is 0 Å². The van der Waals surface area contributed by atoms with Gasteiger partial charge in [0.2, 0.25) is 0 Å². The van der Waals surface area contributed by atoms with Crippen molar-refractivity contribution in [3.63, 3.8) is 0 Å². The van der Waals surface area contributed by atoms with Crippen molar-refractivity contribution in [3.05, 3.63) is 64.4 Å². The summed E-state index contributed by atoms with van der Waals surface area (Å²) >= 11 is 5.86. The Morgan fingerprint density at radius 1 is 1.17 bits per heavy atom. The summed E-state index contributed by atoms with van der Waals surface area (Å²) in [5.74, 6) is -0.398. The van der Waals surface area contributed by atoms with Crippen molar-refractivity contribution in [1.82, 2.24) is 4.98 Å². The summed E-state index contributed by atoms with van der Waals surface area (Å²) < 4.78 is 25.2. The SMILES string of the molecule is O=C(c1ccncc1)c1cc(C(F)F)ccc1Cl. The first-order valence-electron chi connectivity index (χ1n) is 5.12. The maximum absolute atomic E-state index is 12.6. The first-order valence-corrected chi connectivity index (χ1v) is 5.49. The summed E-state index contributed by atoms with van der Waals surface area (Å²) in [5, 5.41) is 0.154. The highest BCUT2D eigenvalue weighted by Gasteiger charge is 2.16. The molecule has 5 heteroatoms. The highest BCUT2D eigenvalue weighted by Crippen LogP contribution is 2.26. The second-order valence-corrected chi connectivity index (χ2v) is 4.01. The van der Waals surface area contributed by atoms with Gasteiger partial charge in [-0.3, -0.25) is 9.78 Å². The van der Waals surface area contributed by atoms with Crippen molar-refractivity contribution < 1.29 is 13.6 Å². The van der Waals surface area contributed by atoms with Crippen molar-refractivity contribution in [2.24, 2.45) is 0 Å². The van der Waals surface area contributed by atoms with Gasteiger partial charge in [0.25, 0.3) is 6.43 Å². The molecule has 0 saturated carbocycles. The van der Waals surface area contributed by atoms with E-state index in [1.165, 1.54) is 36.7 Å². The summed E-state index contributed by atoms with van der Waals surface area (Å²) in [6.07, 6.45) is 0.280. The molecule has 0 amide bonds. The Bertz CT molecular complexity index is 572. The minimum absolute atomic E-state index is 0.0701. The Morgan fingerprint density at radius 2 is 1.83 bits per heavy atom. The lowest BCUT2D eigenvalue weighted by Gasteiger charge is -2.06. The molecule has 0 saturated heterocycles. The van der Waals surface area contributed by atoms with Gasteiger partial charge in [-0.05, 0) is 24.3 Å². The molecule has 2 aromatic rings. The molecule has 92 valence electrons. The van der Waals surface area contributed by atoms with Gasteiger partial charge >= 0.3 is 0 Å². The zero-order valence-electron chi connectivity index (χ0n) is 9.11. The quantitative estimate of drug-likeness (QED) is 0.790. The van der Waals surface area contributed by atoms with Crippen LogP contribution in [0, 0.1) is 0 Å². The molecule has 0 atom stereocenters. The predicted molar refractivity (Wildman–Crippen MR) is 64.1 cm³/mol. The molecule has 0 spiro atoms. The third-order valence-corrected chi connectivity index (χ3v) is 2.76. The van der Waals surface area contributed by atoms with E-state index in [0.717, 1.165) is 6.07 Å². The highest BCUT2D eigenvalue weighted by atomic mass is 35.5. The number of halogens is 3. The molecule has 1 aromatic carbocycles. The van der Waals surface area contributed by atoms with Crippen LogP contribution in [0.4, 0.5) is 8.78 Å². The number of hydrogen-bond acceptors (Lipinski definition) is 2. The molecule has 0 aliphatic rings. The molecule has 0 unspecified atom stereocenters. The molecule has 0 aliphatic heterocycles. The number of rotatable bonds is 3. The smallest absolute Gasteiger partial charge is 0.263 e. The predicted octanol–water partition coefficient (Wildman–Crippen LogP) is 3.90. The molecule has 0 bridgehead atoms. The fourth-order valence-electron chi connectivity index (χ4n) is 1.51. The topological polar surface area (TPSA) is 30.0 Å². The highest BCUT2D eigenvalue weighted by molar-refractivity contribution is 6.35. The van der Waals surface area contributed by atoms with Gasteiger partial charge in [-0.2, -0.15) is 0 Å². The number of ketones is 1. The molecular weight excluding hydrogens is 260 g/mol. The van der Waals surface area contributed by atoms with Gasteiger partial charge in [0.05, 0.1) is 5.02 Å². The van der Waals surface area contributed by atoms with E-state index in [0.29, 0.717) is 5.56 Å². The van der Waals surface area contributed by atoms with E-state index in [9.17, 15) is 13.6 Å². The fraction of sp³-hybridized carbons (Fsp3) is 0.0769. The van der Waals surface area contributed by atoms with Crippen molar-refractivity contribution in [2.45, 2.75) is 6.43 Å². The molecule has 1 heterocycles. The number of hydrogen-bond donors (Lipinski definition) is 0. The number of carbonyl (C=O) groups excluding carboxylic acids is 1. The average Bonchev–Trinajstić information content (AvgIpc) is 2.39. The van der Waals surface area contributed by atoms with Crippen LogP contribution in [0.3, 0.4) is 0 Å². The van der Waals surface area contributed by atoms with Crippen molar-refractivity contribution in [1.29, 1.82) is 0 Å². The molecule has 0 fully saturated rings. The number of alkyl halides is 2. The van der Waals surface area contributed by atoms with Crippen LogP contribution in [-0.4, -0.2) is 10.8 Å². The molecule has 0 N–H and O–H groups in total. The first-order chi connectivity index (χ1) is 8.59. The Labute approximate surface area is 107 Å². The Balaban J connectivity index is 2.45. The molecule has 18 heavy (non-hydrogen) atoms. The van der Waals surface area contributed by atoms with Crippen LogP contribution in [0.25, 0.3) is 0 Å². The Kier molecular flexibility index (Phi) is 3.67. The summed E-state index contributed by atoms with van der Waals surface area (Å²) in [5.41, 5.74) is 0.204. The van der Waals surface area contributed by atoms with Crippen molar-refractivity contribution in [2.75, 3.05) is 0 Å². The van der Waals surface area contributed by atoms with E-state index in [1.807, 2.05) is 0 Å². The van der Waals surface area contributed by atoms with Gasteiger partial charge in [-0.25, -0.2) is 8.78 Å². The van der Waals surface area contributed by atoms with Crippen molar-refractivity contribution >= 4 is 17.4 Å². The first kappa shape index (κ1) is 12.6. The zero-order valence-corrected chi connectivity index (χ0v) is 9.86. The third-order valence-electron chi connectivity index (χ3n) is 2.43. The molecule has 0 radical (unpaired) electrons. The van der Waals surface area contributed by atoms with E-state index in [4.69, 9.17) is 11.6 Å². The summed E-state index contributed by atoms with van der Waals surface area (Å²) in [6.45, 7) is 0. The Hall–Kier alpha value is -1.81. The van der Waals surface area contributed by atoms with Gasteiger partial charge < -0.3 is 0 Å². The largest absolute Gasteiger partial charge is 0.289 e. The van der Waals surface area contributed by atoms with Crippen LogP contribution in [0.15, 0.2) is 42.7 Å². The number of nitrogens with zero attached hydrogens (tertiary/aromatic N) is 1. The molecule has 0 aliphatic carbocycles. The van der Waals surface area contributed by atoms with Gasteiger partial charge in [0, 0.05) is 29.1 Å². The van der Waals surface area contributed by atoms with Crippen LogP contribution < -0.4 is 0 Å². The monoisotopic (exact) mass is 267 g/mol. The summed E-state index contributed by atoms with van der Waals surface area (Å²) in [7, 11) is 0. The van der Waals surface area contributed by atoms with E-state index < -0.39 is 12.2 Å². The van der Waals surface area contributed by atoms with Gasteiger partial charge in [0.1, 0.15) is 0 Å². The lowest BCUT2D eigenvalue weighted by Crippen LogP contribution is -2.03.